The number of aromatic nitrogens is 2. The number of fused-ring (bicyclic) bond motifs is 2. The van der Waals surface area contributed by atoms with Crippen LogP contribution < -0.4 is 15.0 Å². The first kappa shape index (κ1) is 19.9. The van der Waals surface area contributed by atoms with Crippen LogP contribution in [-0.4, -0.2) is 29.8 Å². The number of alkyl halides is 2. The van der Waals surface area contributed by atoms with Crippen LogP contribution in [0.5, 0.6) is 5.75 Å². The third kappa shape index (κ3) is 3.30. The Labute approximate surface area is 170 Å². The third-order valence-corrected chi connectivity index (χ3v) is 5.24. The van der Waals surface area contributed by atoms with Gasteiger partial charge in [-0.15, -0.1) is 5.10 Å². The summed E-state index contributed by atoms with van der Waals surface area (Å²) in [6.45, 7) is 3.39. The number of aryl methyl sites for hydroxylation is 1. The molecule has 2 heterocycles. The van der Waals surface area contributed by atoms with Gasteiger partial charge in [0.1, 0.15) is 11.6 Å². The molecule has 0 bridgehead atoms. The van der Waals surface area contributed by atoms with Crippen molar-refractivity contribution >= 4 is 28.2 Å². The molecule has 0 spiro atoms. The van der Waals surface area contributed by atoms with Gasteiger partial charge in [-0.1, -0.05) is 18.2 Å². The predicted molar refractivity (Wildman–Crippen MR) is 107 cm³/mol. The molecule has 1 unspecified atom stereocenters. The highest BCUT2D eigenvalue weighted by molar-refractivity contribution is 6.03. The first-order valence-corrected chi connectivity index (χ1v) is 9.31. The highest BCUT2D eigenvalue weighted by Gasteiger charge is 2.25. The Morgan fingerprint density at radius 3 is 2.63 bits per heavy atom. The molecule has 30 heavy (non-hydrogen) atoms. The van der Waals surface area contributed by atoms with E-state index in [1.54, 1.807) is 33.0 Å². The highest BCUT2D eigenvalue weighted by atomic mass is 19.3. The van der Waals surface area contributed by atoms with Crippen LogP contribution in [-0.2, 0) is 4.79 Å². The Morgan fingerprint density at radius 2 is 1.90 bits per heavy atom. The highest BCUT2D eigenvalue weighted by Crippen LogP contribution is 2.38. The first-order chi connectivity index (χ1) is 14.3. The zero-order valence-corrected chi connectivity index (χ0v) is 16.5. The molecule has 2 aromatic carbocycles. The number of rotatable bonds is 4. The van der Waals surface area contributed by atoms with Gasteiger partial charge in [0.25, 0.3) is 12.3 Å². The second kappa shape index (κ2) is 7.47. The zero-order chi connectivity index (χ0) is 21.6. The smallest absolute Gasteiger partial charge is 0.266 e. The lowest BCUT2D eigenvalue weighted by Gasteiger charge is -2.27. The molecule has 1 aliphatic rings. The molecule has 3 aromatic rings. The lowest BCUT2D eigenvalue weighted by atomic mass is 10.0. The fraction of sp³-hybridized carbons (Fsp3) is 0.286. The Balaban J connectivity index is 1.77. The number of benzene rings is 2. The SMILES string of the molecule is Cc1nnc(NC(C)c2cccc(C(F)F)c2F)c2cc3c(cc12)OCC(=O)N3C. The van der Waals surface area contributed by atoms with Crippen LogP contribution >= 0.6 is 0 Å². The van der Waals surface area contributed by atoms with Gasteiger partial charge in [0.2, 0.25) is 0 Å². The van der Waals surface area contributed by atoms with Gasteiger partial charge >= 0.3 is 0 Å². The maximum atomic E-state index is 14.6. The summed E-state index contributed by atoms with van der Waals surface area (Å²) in [5.41, 5.74) is 0.678. The number of nitrogens with one attached hydrogen (secondary N) is 1. The van der Waals surface area contributed by atoms with Crippen molar-refractivity contribution in [3.63, 3.8) is 0 Å². The second-order valence-electron chi connectivity index (χ2n) is 7.16. The van der Waals surface area contributed by atoms with E-state index >= 15 is 0 Å². The minimum absolute atomic E-state index is 0.0472. The van der Waals surface area contributed by atoms with Crippen molar-refractivity contribution in [2.45, 2.75) is 26.3 Å². The van der Waals surface area contributed by atoms with Gasteiger partial charge in [-0.05, 0) is 26.0 Å². The standard InChI is InChI=1S/C21H19F3N4O2/c1-10(12-5-4-6-13(19(12)22)20(23)24)25-21-15-7-16-17(30-9-18(29)28(16)3)8-14(15)11(2)26-27-21/h4-8,10,20H,9H2,1-3H3,(H,25,27). The fourth-order valence-corrected chi connectivity index (χ4v) is 3.51. The molecule has 0 aliphatic carbocycles. The molecule has 1 N–H and O–H groups in total. The topological polar surface area (TPSA) is 67.4 Å². The number of anilines is 2. The average molecular weight is 416 g/mol. The van der Waals surface area contributed by atoms with E-state index in [-0.39, 0.29) is 18.1 Å². The van der Waals surface area contributed by atoms with Crippen molar-refractivity contribution in [3.8, 4) is 5.75 Å². The van der Waals surface area contributed by atoms with E-state index in [1.807, 2.05) is 0 Å². The van der Waals surface area contributed by atoms with Crippen molar-refractivity contribution in [1.82, 2.24) is 10.2 Å². The molecule has 1 aliphatic heterocycles. The van der Waals surface area contributed by atoms with E-state index < -0.39 is 23.8 Å². The van der Waals surface area contributed by atoms with Gasteiger partial charge in [-0.25, -0.2) is 13.2 Å². The molecule has 9 heteroatoms. The van der Waals surface area contributed by atoms with Crippen molar-refractivity contribution < 1.29 is 22.7 Å². The lowest BCUT2D eigenvalue weighted by molar-refractivity contribution is -0.120. The monoisotopic (exact) mass is 416 g/mol. The maximum absolute atomic E-state index is 14.6. The van der Waals surface area contributed by atoms with E-state index in [0.717, 1.165) is 11.5 Å². The van der Waals surface area contributed by atoms with Crippen LogP contribution in [0.2, 0.25) is 0 Å². The summed E-state index contributed by atoms with van der Waals surface area (Å²) in [7, 11) is 1.65. The summed E-state index contributed by atoms with van der Waals surface area (Å²) in [6.07, 6.45) is -2.91. The predicted octanol–water partition coefficient (Wildman–Crippen LogP) is 4.54. The Kier molecular flexibility index (Phi) is 4.97. The Morgan fingerprint density at radius 1 is 1.17 bits per heavy atom. The van der Waals surface area contributed by atoms with Crippen LogP contribution in [0.1, 0.15) is 36.2 Å². The number of carbonyl (C=O) groups is 1. The second-order valence-corrected chi connectivity index (χ2v) is 7.16. The Hall–Kier alpha value is -3.36. The van der Waals surface area contributed by atoms with E-state index in [4.69, 9.17) is 4.74 Å². The van der Waals surface area contributed by atoms with Gasteiger partial charge in [-0.2, -0.15) is 5.10 Å². The Bertz CT molecular complexity index is 1150. The number of nitrogens with zero attached hydrogens (tertiary/aromatic N) is 3. The number of hydrogen-bond donors (Lipinski definition) is 1. The van der Waals surface area contributed by atoms with Crippen LogP contribution in [0.15, 0.2) is 30.3 Å². The molecule has 1 aromatic heterocycles. The molecule has 0 radical (unpaired) electrons. The number of carbonyl (C=O) groups excluding carboxylic acids is 1. The molecular weight excluding hydrogens is 397 g/mol. The molecule has 1 amide bonds. The van der Waals surface area contributed by atoms with Crippen LogP contribution in [0.3, 0.4) is 0 Å². The summed E-state index contributed by atoms with van der Waals surface area (Å²) >= 11 is 0. The molecule has 6 nitrogen and oxygen atoms in total. The molecular formula is C21H19F3N4O2. The van der Waals surface area contributed by atoms with Gasteiger partial charge in [0.15, 0.2) is 12.4 Å². The van der Waals surface area contributed by atoms with Gasteiger partial charge in [0, 0.05) is 23.4 Å². The summed E-state index contributed by atoms with van der Waals surface area (Å²) in [4.78, 5) is 13.5. The molecule has 1 atom stereocenters. The van der Waals surface area contributed by atoms with E-state index in [9.17, 15) is 18.0 Å². The number of halogens is 3. The zero-order valence-electron chi connectivity index (χ0n) is 16.5. The van der Waals surface area contributed by atoms with E-state index in [0.29, 0.717) is 28.3 Å². The van der Waals surface area contributed by atoms with Gasteiger partial charge < -0.3 is 15.0 Å². The quantitative estimate of drug-likeness (QED) is 0.676. The fourth-order valence-electron chi connectivity index (χ4n) is 3.51. The van der Waals surface area contributed by atoms with E-state index in [2.05, 4.69) is 15.5 Å². The number of amides is 1. The maximum Gasteiger partial charge on any atom is 0.266 e. The number of ether oxygens (including phenoxy) is 1. The van der Waals surface area contributed by atoms with Gasteiger partial charge in [0.05, 0.1) is 23.0 Å². The summed E-state index contributed by atoms with van der Waals surface area (Å²) in [6, 6.07) is 6.79. The summed E-state index contributed by atoms with van der Waals surface area (Å²) in [5.74, 6) is -0.239. The lowest BCUT2D eigenvalue weighted by Crippen LogP contribution is -2.35. The normalized spacial score (nSPS) is 14.6. The number of hydrogen-bond acceptors (Lipinski definition) is 5. The average Bonchev–Trinajstić information content (AvgIpc) is 2.72. The molecule has 4 rings (SSSR count). The molecule has 0 saturated heterocycles. The van der Waals surface area contributed by atoms with Crippen molar-refractivity contribution in [3.05, 3.63) is 53.0 Å². The van der Waals surface area contributed by atoms with Crippen molar-refractivity contribution in [2.75, 3.05) is 23.9 Å². The molecule has 0 saturated carbocycles. The summed E-state index contributed by atoms with van der Waals surface area (Å²) in [5, 5.41) is 12.8. The van der Waals surface area contributed by atoms with Crippen LogP contribution in [0, 0.1) is 12.7 Å². The van der Waals surface area contributed by atoms with E-state index in [1.165, 1.54) is 17.0 Å². The molecule has 156 valence electrons. The van der Waals surface area contributed by atoms with Crippen LogP contribution in [0.25, 0.3) is 10.8 Å². The number of likely N-dealkylation sites (N-methyl/N-ethyl adjacent to an activating group) is 1. The first-order valence-electron chi connectivity index (χ1n) is 9.31. The van der Waals surface area contributed by atoms with Crippen molar-refractivity contribution in [1.29, 1.82) is 0 Å². The molecule has 0 fully saturated rings. The third-order valence-electron chi connectivity index (χ3n) is 5.24. The summed E-state index contributed by atoms with van der Waals surface area (Å²) < 4.78 is 46.2. The minimum Gasteiger partial charge on any atom is -0.482 e. The largest absolute Gasteiger partial charge is 0.482 e. The van der Waals surface area contributed by atoms with Gasteiger partial charge in [-0.3, -0.25) is 4.79 Å². The minimum atomic E-state index is -2.91. The van der Waals surface area contributed by atoms with Crippen LogP contribution in [0.4, 0.5) is 24.7 Å². The van der Waals surface area contributed by atoms with Crippen molar-refractivity contribution in [2.24, 2.45) is 0 Å².